The van der Waals surface area contributed by atoms with Crippen molar-refractivity contribution in [3.05, 3.63) is 32.9 Å². The van der Waals surface area contributed by atoms with Crippen LogP contribution in [0.1, 0.15) is 12.6 Å². The molecular weight excluding hydrogens is 314 g/mol. The topological polar surface area (TPSA) is 151 Å². The third-order valence-corrected chi connectivity index (χ3v) is 3.33. The lowest BCUT2D eigenvalue weighted by Gasteiger charge is -2.16. The van der Waals surface area contributed by atoms with E-state index in [0.717, 1.165) is 4.57 Å². The van der Waals surface area contributed by atoms with Crippen LogP contribution in [0.25, 0.3) is 0 Å². The molecule has 1 aromatic heterocycles. The van der Waals surface area contributed by atoms with Crippen LogP contribution in [0.4, 0.5) is 4.39 Å². The first-order valence-corrected chi connectivity index (χ1v) is 7.25. The quantitative estimate of drug-likeness (QED) is 0.485. The Morgan fingerprint density at radius 3 is 2.81 bits per heavy atom. The van der Waals surface area contributed by atoms with Gasteiger partial charge in [-0.25, -0.2) is 9.36 Å². The molecular formula is C9H12FN2O8P. The summed E-state index contributed by atoms with van der Waals surface area (Å²) in [6.45, 7) is -0.609. The molecule has 1 aliphatic heterocycles. The van der Waals surface area contributed by atoms with Crippen molar-refractivity contribution >= 4 is 7.82 Å². The molecule has 2 rings (SSSR count). The van der Waals surface area contributed by atoms with E-state index < -0.39 is 49.9 Å². The third-order valence-electron chi connectivity index (χ3n) is 2.85. The first kappa shape index (κ1) is 16.0. The Morgan fingerprint density at radius 1 is 1.52 bits per heavy atom. The van der Waals surface area contributed by atoms with E-state index in [1.54, 1.807) is 4.98 Å². The zero-order chi connectivity index (χ0) is 15.8. The molecule has 0 aromatic carbocycles. The number of halogens is 1. The van der Waals surface area contributed by atoms with Crippen LogP contribution in [-0.4, -0.2) is 43.3 Å². The number of aliphatic hydroxyl groups excluding tert-OH is 1. The van der Waals surface area contributed by atoms with E-state index >= 15 is 0 Å². The van der Waals surface area contributed by atoms with Gasteiger partial charge >= 0.3 is 13.5 Å². The minimum Gasteiger partial charge on any atom is -0.390 e. The number of hydrogen-bond donors (Lipinski definition) is 4. The fourth-order valence-corrected chi connectivity index (χ4v) is 2.22. The Hall–Kier alpha value is -1.36. The maximum atomic E-state index is 13.2. The van der Waals surface area contributed by atoms with Gasteiger partial charge in [0.1, 0.15) is 12.3 Å². The zero-order valence-corrected chi connectivity index (χ0v) is 11.3. The van der Waals surface area contributed by atoms with Crippen molar-refractivity contribution in [2.45, 2.75) is 24.9 Å². The highest BCUT2D eigenvalue weighted by atomic mass is 31.2. The number of ether oxygens (including phenoxy) is 1. The van der Waals surface area contributed by atoms with E-state index in [1.807, 2.05) is 0 Å². The van der Waals surface area contributed by atoms with E-state index in [0.29, 0.717) is 6.20 Å². The first-order valence-electron chi connectivity index (χ1n) is 5.72. The molecule has 0 saturated carbocycles. The Labute approximate surface area is 116 Å². The van der Waals surface area contributed by atoms with Crippen LogP contribution >= 0.6 is 7.82 Å². The van der Waals surface area contributed by atoms with Crippen molar-refractivity contribution in [3.8, 4) is 0 Å². The zero-order valence-electron chi connectivity index (χ0n) is 10.4. The van der Waals surface area contributed by atoms with Crippen molar-refractivity contribution in [1.82, 2.24) is 9.55 Å². The molecule has 0 radical (unpaired) electrons. The lowest BCUT2D eigenvalue weighted by molar-refractivity contribution is -0.0453. The number of aromatic nitrogens is 2. The molecule has 1 aromatic rings. The van der Waals surface area contributed by atoms with Gasteiger partial charge in [-0.1, -0.05) is 0 Å². The van der Waals surface area contributed by atoms with Gasteiger partial charge in [-0.3, -0.25) is 18.9 Å². The lowest BCUT2D eigenvalue weighted by Crippen LogP contribution is -2.34. The molecule has 1 fully saturated rings. The van der Waals surface area contributed by atoms with Crippen molar-refractivity contribution in [2.24, 2.45) is 0 Å². The van der Waals surface area contributed by atoms with Gasteiger partial charge in [0.05, 0.1) is 18.9 Å². The molecule has 0 amide bonds. The fourth-order valence-electron chi connectivity index (χ4n) is 1.88. The van der Waals surface area contributed by atoms with Crippen molar-refractivity contribution < 1.29 is 33.1 Å². The summed E-state index contributed by atoms with van der Waals surface area (Å²) < 4.78 is 33.9. The average Bonchev–Trinajstić information content (AvgIpc) is 2.72. The van der Waals surface area contributed by atoms with Gasteiger partial charge in [0.15, 0.2) is 0 Å². The van der Waals surface area contributed by atoms with Crippen LogP contribution in [0.2, 0.25) is 0 Å². The SMILES string of the molecule is O=c1[nH]c(=O)n(C2C[C@H](O)[C@@H](COP(=O)(O)O)O2)cc1F. The highest BCUT2D eigenvalue weighted by molar-refractivity contribution is 7.46. The average molecular weight is 326 g/mol. The summed E-state index contributed by atoms with van der Waals surface area (Å²) in [7, 11) is -4.73. The smallest absolute Gasteiger partial charge is 0.390 e. The van der Waals surface area contributed by atoms with E-state index in [1.165, 1.54) is 0 Å². The number of hydrogen-bond acceptors (Lipinski definition) is 6. The molecule has 3 atom stereocenters. The Kier molecular flexibility index (Phi) is 4.42. The number of nitrogens with one attached hydrogen (secondary N) is 1. The van der Waals surface area contributed by atoms with Crippen LogP contribution in [-0.2, 0) is 13.8 Å². The van der Waals surface area contributed by atoms with Crippen molar-refractivity contribution in [3.63, 3.8) is 0 Å². The molecule has 1 unspecified atom stereocenters. The number of aliphatic hydroxyl groups is 1. The minimum atomic E-state index is -4.73. The molecule has 1 aliphatic rings. The molecule has 0 aliphatic carbocycles. The molecule has 10 nitrogen and oxygen atoms in total. The Bertz CT molecular complexity index is 681. The van der Waals surface area contributed by atoms with E-state index in [2.05, 4.69) is 4.52 Å². The molecule has 1 saturated heterocycles. The highest BCUT2D eigenvalue weighted by Crippen LogP contribution is 2.38. The maximum Gasteiger partial charge on any atom is 0.469 e. The van der Waals surface area contributed by atoms with Crippen LogP contribution in [0, 0.1) is 5.82 Å². The normalized spacial score (nSPS) is 26.2. The molecule has 0 bridgehead atoms. The monoisotopic (exact) mass is 326 g/mol. The van der Waals surface area contributed by atoms with Gasteiger partial charge in [-0.15, -0.1) is 0 Å². The van der Waals surface area contributed by atoms with Crippen LogP contribution in [0.3, 0.4) is 0 Å². The van der Waals surface area contributed by atoms with Crippen LogP contribution in [0.15, 0.2) is 15.8 Å². The second-order valence-electron chi connectivity index (χ2n) is 4.36. The number of aromatic amines is 1. The first-order chi connectivity index (χ1) is 9.67. The number of rotatable bonds is 4. The number of nitrogens with zero attached hydrogens (tertiary/aromatic N) is 1. The van der Waals surface area contributed by atoms with Gasteiger partial charge in [0, 0.05) is 6.42 Å². The standard InChI is InChI=1S/C9H12FN2O8P/c10-4-2-12(9(15)11-8(4)14)7-1-5(13)6(20-7)3-19-21(16,17)18/h2,5-7,13H,1,3H2,(H,11,14,15)(H2,16,17,18)/t5-,6+,7?/m0/s1. The van der Waals surface area contributed by atoms with Crippen LogP contribution < -0.4 is 11.2 Å². The number of phosphoric acid groups is 1. The fraction of sp³-hybridized carbons (Fsp3) is 0.556. The molecule has 0 spiro atoms. The summed E-state index contributed by atoms with van der Waals surface area (Å²) in [4.78, 5) is 41.3. The lowest BCUT2D eigenvalue weighted by atomic mass is 10.2. The summed E-state index contributed by atoms with van der Waals surface area (Å²) in [5.41, 5.74) is -2.12. The summed E-state index contributed by atoms with van der Waals surface area (Å²) in [6, 6.07) is 0. The second-order valence-corrected chi connectivity index (χ2v) is 5.60. The molecule has 21 heavy (non-hydrogen) atoms. The van der Waals surface area contributed by atoms with Gasteiger partial charge in [0.25, 0.3) is 5.56 Å². The summed E-state index contributed by atoms with van der Waals surface area (Å²) >= 11 is 0. The Morgan fingerprint density at radius 2 is 2.19 bits per heavy atom. The summed E-state index contributed by atoms with van der Waals surface area (Å²) in [6.07, 6.45) is -2.89. The van der Waals surface area contributed by atoms with Crippen molar-refractivity contribution in [2.75, 3.05) is 6.61 Å². The van der Waals surface area contributed by atoms with Gasteiger partial charge in [-0.05, 0) is 0 Å². The highest BCUT2D eigenvalue weighted by Gasteiger charge is 2.37. The molecule has 4 N–H and O–H groups in total. The third kappa shape index (κ3) is 3.84. The van der Waals surface area contributed by atoms with Gasteiger partial charge < -0.3 is 19.6 Å². The van der Waals surface area contributed by atoms with E-state index in [-0.39, 0.29) is 6.42 Å². The number of H-pyrrole nitrogens is 1. The number of phosphoric ester groups is 1. The van der Waals surface area contributed by atoms with Crippen LogP contribution in [0.5, 0.6) is 0 Å². The predicted molar refractivity (Wildman–Crippen MR) is 63.8 cm³/mol. The van der Waals surface area contributed by atoms with Gasteiger partial charge in [-0.2, -0.15) is 4.39 Å². The van der Waals surface area contributed by atoms with Gasteiger partial charge in [0.2, 0.25) is 5.82 Å². The molecule has 2 heterocycles. The molecule has 118 valence electrons. The second kappa shape index (κ2) is 5.79. The predicted octanol–water partition coefficient (Wildman–Crippen LogP) is -1.57. The molecule has 12 heteroatoms. The largest absolute Gasteiger partial charge is 0.469 e. The van der Waals surface area contributed by atoms with E-state index in [9.17, 15) is 23.7 Å². The van der Waals surface area contributed by atoms with Crippen molar-refractivity contribution in [1.29, 1.82) is 0 Å². The summed E-state index contributed by atoms with van der Waals surface area (Å²) in [5, 5.41) is 9.69. The summed E-state index contributed by atoms with van der Waals surface area (Å²) in [5.74, 6) is -1.21. The Balaban J connectivity index is 2.14. The minimum absolute atomic E-state index is 0.138. The maximum absolute atomic E-state index is 13.2. The van der Waals surface area contributed by atoms with E-state index in [4.69, 9.17) is 14.5 Å².